The summed E-state index contributed by atoms with van der Waals surface area (Å²) in [6.45, 7) is 21.5. The van der Waals surface area contributed by atoms with Crippen LogP contribution in [0.15, 0.2) is 35.9 Å². The quantitative estimate of drug-likeness (QED) is 0.547. The topological polar surface area (TPSA) is 50.7 Å². The summed E-state index contributed by atoms with van der Waals surface area (Å²) in [5.41, 5.74) is 6.02. The van der Waals surface area contributed by atoms with E-state index in [-0.39, 0.29) is 11.5 Å². The number of aryl methyl sites for hydroxylation is 4. The summed E-state index contributed by atoms with van der Waals surface area (Å²) in [4.78, 5) is 0. The minimum Gasteiger partial charge on any atom is -0.486 e. The predicted molar refractivity (Wildman–Crippen MR) is 137 cm³/mol. The van der Waals surface area contributed by atoms with Gasteiger partial charge in [0.1, 0.15) is 17.6 Å². The Morgan fingerprint density at radius 2 is 1.47 bits per heavy atom. The van der Waals surface area contributed by atoms with Gasteiger partial charge in [0.15, 0.2) is 5.54 Å². The van der Waals surface area contributed by atoms with Crippen LogP contribution >= 0.6 is 0 Å². The van der Waals surface area contributed by atoms with Gasteiger partial charge in [0, 0.05) is 17.2 Å². The molecule has 0 saturated heterocycles. The molecule has 0 radical (unpaired) electrons. The summed E-state index contributed by atoms with van der Waals surface area (Å²) in [7, 11) is 0. The van der Waals surface area contributed by atoms with Gasteiger partial charge in [-0.2, -0.15) is 0 Å². The molecule has 2 aromatic carbocycles. The second kappa shape index (κ2) is 6.89. The highest BCUT2D eigenvalue weighted by Gasteiger charge is 2.74. The number of hydrogen-bond donors (Lipinski definition) is 2. The van der Waals surface area contributed by atoms with Crippen molar-refractivity contribution in [2.24, 2.45) is 5.41 Å². The van der Waals surface area contributed by atoms with Gasteiger partial charge in [-0.05, 0) is 70.6 Å². The molecule has 1 aliphatic carbocycles. The van der Waals surface area contributed by atoms with Gasteiger partial charge in [0.05, 0.1) is 5.41 Å². The third kappa shape index (κ3) is 2.79. The Morgan fingerprint density at radius 1 is 0.912 bits per heavy atom. The fourth-order valence-corrected chi connectivity index (χ4v) is 6.44. The van der Waals surface area contributed by atoms with E-state index in [1.807, 2.05) is 6.92 Å². The van der Waals surface area contributed by atoms with Crippen molar-refractivity contribution in [2.45, 2.75) is 98.1 Å². The zero-order chi connectivity index (χ0) is 25.0. The molecule has 3 aliphatic rings. The van der Waals surface area contributed by atoms with E-state index in [4.69, 9.17) is 9.47 Å². The van der Waals surface area contributed by atoms with E-state index in [2.05, 4.69) is 98.0 Å². The van der Waals surface area contributed by atoms with Gasteiger partial charge in [0.25, 0.3) is 5.79 Å². The smallest absolute Gasteiger partial charge is 0.257 e. The largest absolute Gasteiger partial charge is 0.486 e. The Hall–Kier alpha value is -2.30. The molecule has 5 rings (SSSR count). The summed E-state index contributed by atoms with van der Waals surface area (Å²) < 4.78 is 13.5. The molecule has 0 spiro atoms. The van der Waals surface area contributed by atoms with Crippen molar-refractivity contribution in [3.05, 3.63) is 69.3 Å². The van der Waals surface area contributed by atoms with E-state index in [0.717, 1.165) is 39.3 Å². The second-order valence-corrected chi connectivity index (χ2v) is 12.3. The highest BCUT2D eigenvalue weighted by atomic mass is 16.6. The first kappa shape index (κ1) is 23.4. The maximum Gasteiger partial charge on any atom is 0.257 e. The molecular formula is C30H39NO3. The van der Waals surface area contributed by atoms with Crippen LogP contribution in [0, 0.1) is 33.1 Å². The number of fused-ring (bicyclic) bond motifs is 7. The standard InChI is InChI=1S/C30H39NO3/c1-16-11-18(3)24-22(13-16)28(10)15-20(5)30(32)29(26(28)33-24,31-21(6)27(7,8)9)23-14-17(2)12-19(4)25(23)34-30/h11-15,21,26,31-32H,1-10H3/t21-,26+,28-,29+,30+/m0/s1. The second-order valence-electron chi connectivity index (χ2n) is 12.3. The molecule has 5 atom stereocenters. The van der Waals surface area contributed by atoms with Gasteiger partial charge in [-0.15, -0.1) is 0 Å². The first-order valence-corrected chi connectivity index (χ1v) is 12.4. The third-order valence-corrected chi connectivity index (χ3v) is 8.60. The lowest BCUT2D eigenvalue weighted by atomic mass is 9.59. The summed E-state index contributed by atoms with van der Waals surface area (Å²) in [6.07, 6.45) is 1.79. The number of ether oxygens (including phenoxy) is 2. The number of aliphatic hydroxyl groups is 1. The average Bonchev–Trinajstić information content (AvgIpc) is 3.13. The van der Waals surface area contributed by atoms with Gasteiger partial charge in [-0.3, -0.25) is 5.32 Å². The molecule has 2 heterocycles. The van der Waals surface area contributed by atoms with Gasteiger partial charge in [0.2, 0.25) is 0 Å². The van der Waals surface area contributed by atoms with E-state index in [0.29, 0.717) is 0 Å². The Balaban J connectivity index is 1.86. The molecule has 0 unspecified atom stereocenters. The average molecular weight is 462 g/mol. The summed E-state index contributed by atoms with van der Waals surface area (Å²) in [5.74, 6) is 0.114. The van der Waals surface area contributed by atoms with Crippen molar-refractivity contribution < 1.29 is 14.6 Å². The van der Waals surface area contributed by atoms with Crippen molar-refractivity contribution in [3.8, 4) is 11.5 Å². The Morgan fingerprint density at radius 3 is 2.06 bits per heavy atom. The van der Waals surface area contributed by atoms with Crippen LogP contribution in [-0.2, 0) is 11.0 Å². The fraction of sp³-hybridized carbons (Fsp3) is 0.533. The van der Waals surface area contributed by atoms with Crippen LogP contribution < -0.4 is 14.8 Å². The van der Waals surface area contributed by atoms with Crippen LogP contribution in [0.25, 0.3) is 0 Å². The molecule has 0 bridgehead atoms. The molecule has 4 nitrogen and oxygen atoms in total. The number of hydrogen-bond acceptors (Lipinski definition) is 4. The van der Waals surface area contributed by atoms with Gasteiger partial charge >= 0.3 is 0 Å². The zero-order valence-electron chi connectivity index (χ0n) is 22.3. The predicted octanol–water partition coefficient (Wildman–Crippen LogP) is 5.90. The fourth-order valence-electron chi connectivity index (χ4n) is 6.44. The van der Waals surface area contributed by atoms with Crippen molar-refractivity contribution in [2.75, 3.05) is 0 Å². The Labute approximate surface area is 204 Å². The highest BCUT2D eigenvalue weighted by Crippen LogP contribution is 2.64. The molecule has 0 amide bonds. The van der Waals surface area contributed by atoms with E-state index in [1.54, 1.807) is 0 Å². The lowest BCUT2D eigenvalue weighted by Gasteiger charge is -2.54. The highest BCUT2D eigenvalue weighted by molar-refractivity contribution is 5.63. The van der Waals surface area contributed by atoms with Gasteiger partial charge in [-0.25, -0.2) is 0 Å². The molecule has 182 valence electrons. The number of benzene rings is 2. The normalized spacial score (nSPS) is 32.1. The molecule has 2 N–H and O–H groups in total. The van der Waals surface area contributed by atoms with Crippen LogP contribution in [0.3, 0.4) is 0 Å². The summed E-state index contributed by atoms with van der Waals surface area (Å²) in [6, 6.07) is 8.78. The minimum atomic E-state index is -1.57. The monoisotopic (exact) mass is 461 g/mol. The van der Waals surface area contributed by atoms with Gasteiger partial charge < -0.3 is 14.6 Å². The minimum absolute atomic E-state index is 0.0410. The third-order valence-electron chi connectivity index (χ3n) is 8.60. The maximum absolute atomic E-state index is 12.5. The molecule has 2 aromatic rings. The summed E-state index contributed by atoms with van der Waals surface area (Å²) in [5, 5.41) is 16.5. The lowest BCUT2D eigenvalue weighted by Crippen LogP contribution is -2.74. The summed E-state index contributed by atoms with van der Waals surface area (Å²) >= 11 is 0. The maximum atomic E-state index is 12.5. The van der Waals surface area contributed by atoms with Crippen LogP contribution in [-0.4, -0.2) is 23.0 Å². The Bertz CT molecular complexity index is 1240. The molecule has 0 fully saturated rings. The first-order chi connectivity index (χ1) is 15.6. The first-order valence-electron chi connectivity index (χ1n) is 12.4. The molecule has 0 saturated carbocycles. The van der Waals surface area contributed by atoms with Crippen molar-refractivity contribution in [3.63, 3.8) is 0 Å². The van der Waals surface area contributed by atoms with E-state index >= 15 is 0 Å². The molecule has 0 aromatic heterocycles. The van der Waals surface area contributed by atoms with Crippen molar-refractivity contribution in [1.82, 2.24) is 5.32 Å². The molecule has 2 aliphatic heterocycles. The number of rotatable bonds is 2. The van der Waals surface area contributed by atoms with Crippen molar-refractivity contribution >= 4 is 0 Å². The van der Waals surface area contributed by atoms with Gasteiger partial charge in [-0.1, -0.05) is 62.2 Å². The van der Waals surface area contributed by atoms with E-state index < -0.39 is 22.8 Å². The lowest BCUT2D eigenvalue weighted by molar-refractivity contribution is -0.195. The zero-order valence-corrected chi connectivity index (χ0v) is 22.3. The molecular weight excluding hydrogens is 422 g/mol. The van der Waals surface area contributed by atoms with E-state index in [1.165, 1.54) is 11.1 Å². The molecule has 34 heavy (non-hydrogen) atoms. The van der Waals surface area contributed by atoms with Crippen LogP contribution in [0.5, 0.6) is 11.5 Å². The SMILES string of the molecule is CC1=C[C@@]2(C)c3cc(C)cc(C)c3O[C@H]2[C@]2(N[C@@H](C)C(C)(C)C)c3cc(C)cc(C)c3O[C@]12O. The Kier molecular flexibility index (Phi) is 4.75. The van der Waals surface area contributed by atoms with Crippen LogP contribution in [0.4, 0.5) is 0 Å². The number of nitrogens with one attached hydrogen (secondary N) is 1. The molecule has 4 heteroatoms. The van der Waals surface area contributed by atoms with Crippen LogP contribution in [0.2, 0.25) is 0 Å². The van der Waals surface area contributed by atoms with Crippen LogP contribution in [0.1, 0.15) is 74.9 Å². The van der Waals surface area contributed by atoms with E-state index in [9.17, 15) is 5.11 Å². The van der Waals surface area contributed by atoms with Crippen molar-refractivity contribution in [1.29, 1.82) is 0 Å².